The highest BCUT2D eigenvalue weighted by Crippen LogP contribution is 2.41. The molecule has 4 nitrogen and oxygen atoms in total. The zero-order chi connectivity index (χ0) is 9.42. The number of ether oxygens (including phenoxy) is 1. The Morgan fingerprint density at radius 1 is 1.62 bits per heavy atom. The first kappa shape index (κ1) is 8.36. The molecule has 2 aliphatic heterocycles. The van der Waals surface area contributed by atoms with Crippen LogP contribution >= 0.6 is 0 Å². The molecule has 0 saturated carbocycles. The number of carbonyl (C=O) groups excluding carboxylic acids is 1. The van der Waals surface area contributed by atoms with E-state index in [1.165, 1.54) is 7.11 Å². The molecule has 2 bridgehead atoms. The summed E-state index contributed by atoms with van der Waals surface area (Å²) in [5, 5.41) is 8.84. The lowest BCUT2D eigenvalue weighted by Gasteiger charge is -2.17. The van der Waals surface area contributed by atoms with E-state index in [1.807, 2.05) is 0 Å². The number of esters is 1. The van der Waals surface area contributed by atoms with E-state index >= 15 is 0 Å². The van der Waals surface area contributed by atoms with Crippen LogP contribution in [0.4, 0.5) is 0 Å². The first-order chi connectivity index (χ1) is 6.27. The first-order valence-corrected chi connectivity index (χ1v) is 4.54. The SMILES string of the molecule is COC(=O)C1CC2CCC1N2C#N. The normalized spacial score (nSPS) is 36.0. The van der Waals surface area contributed by atoms with Crippen LogP contribution in [-0.4, -0.2) is 30.1 Å². The van der Waals surface area contributed by atoms with E-state index in [-0.39, 0.29) is 17.9 Å². The summed E-state index contributed by atoms with van der Waals surface area (Å²) in [5.74, 6) is -0.226. The summed E-state index contributed by atoms with van der Waals surface area (Å²) >= 11 is 0. The zero-order valence-electron chi connectivity index (χ0n) is 7.56. The Labute approximate surface area is 77.1 Å². The van der Waals surface area contributed by atoms with E-state index in [0.717, 1.165) is 19.3 Å². The van der Waals surface area contributed by atoms with Crippen molar-refractivity contribution < 1.29 is 9.53 Å². The monoisotopic (exact) mass is 180 g/mol. The molecule has 2 saturated heterocycles. The lowest BCUT2D eigenvalue weighted by Crippen LogP contribution is -2.30. The van der Waals surface area contributed by atoms with Crippen LogP contribution in [0, 0.1) is 17.4 Å². The smallest absolute Gasteiger partial charge is 0.310 e. The molecule has 2 rings (SSSR count). The van der Waals surface area contributed by atoms with Gasteiger partial charge in [0.25, 0.3) is 0 Å². The Hall–Kier alpha value is -1.24. The number of hydrogen-bond acceptors (Lipinski definition) is 4. The molecule has 0 spiro atoms. The standard InChI is InChI=1S/C9H12N2O2/c1-13-9(12)7-4-6-2-3-8(7)11(6)5-10/h6-8H,2-4H2,1H3. The Balaban J connectivity index is 2.13. The number of rotatable bonds is 1. The maximum absolute atomic E-state index is 11.3. The third-order valence-electron chi connectivity index (χ3n) is 3.16. The summed E-state index contributed by atoms with van der Waals surface area (Å²) in [6.45, 7) is 0. The van der Waals surface area contributed by atoms with Gasteiger partial charge in [-0.2, -0.15) is 5.26 Å². The van der Waals surface area contributed by atoms with Crippen LogP contribution in [-0.2, 0) is 9.53 Å². The number of nitrogens with zero attached hydrogens (tertiary/aromatic N) is 2. The van der Waals surface area contributed by atoms with E-state index in [2.05, 4.69) is 6.19 Å². The van der Waals surface area contributed by atoms with Crippen molar-refractivity contribution in [2.24, 2.45) is 5.92 Å². The first-order valence-electron chi connectivity index (χ1n) is 4.54. The number of carbonyl (C=O) groups is 1. The summed E-state index contributed by atoms with van der Waals surface area (Å²) in [5.41, 5.74) is 0. The fourth-order valence-corrected chi connectivity index (χ4v) is 2.55. The molecule has 13 heavy (non-hydrogen) atoms. The lowest BCUT2D eigenvalue weighted by atomic mass is 9.89. The molecule has 4 heteroatoms. The molecule has 0 aromatic carbocycles. The van der Waals surface area contributed by atoms with Crippen LogP contribution < -0.4 is 0 Å². The number of nitriles is 1. The van der Waals surface area contributed by atoms with Crippen molar-refractivity contribution in [1.82, 2.24) is 4.90 Å². The van der Waals surface area contributed by atoms with E-state index in [1.54, 1.807) is 4.90 Å². The highest BCUT2D eigenvalue weighted by atomic mass is 16.5. The van der Waals surface area contributed by atoms with Crippen LogP contribution in [0.1, 0.15) is 19.3 Å². The lowest BCUT2D eigenvalue weighted by molar-refractivity contribution is -0.146. The van der Waals surface area contributed by atoms with Gasteiger partial charge >= 0.3 is 5.97 Å². The van der Waals surface area contributed by atoms with Crippen LogP contribution in [0.15, 0.2) is 0 Å². The van der Waals surface area contributed by atoms with Crippen molar-refractivity contribution in [1.29, 1.82) is 5.26 Å². The molecular weight excluding hydrogens is 168 g/mol. The van der Waals surface area contributed by atoms with Gasteiger partial charge in [-0.3, -0.25) is 4.79 Å². The minimum Gasteiger partial charge on any atom is -0.469 e. The molecule has 2 fully saturated rings. The molecule has 70 valence electrons. The van der Waals surface area contributed by atoms with Crippen LogP contribution in [0.5, 0.6) is 0 Å². The maximum atomic E-state index is 11.3. The van der Waals surface area contributed by atoms with Crippen LogP contribution in [0.3, 0.4) is 0 Å². The largest absolute Gasteiger partial charge is 0.469 e. The van der Waals surface area contributed by atoms with Gasteiger partial charge in [0.05, 0.1) is 19.1 Å². The molecule has 3 atom stereocenters. The Kier molecular flexibility index (Phi) is 1.87. The van der Waals surface area contributed by atoms with Gasteiger partial charge in [-0.05, 0) is 19.3 Å². The van der Waals surface area contributed by atoms with Crippen molar-refractivity contribution in [3.63, 3.8) is 0 Å². The highest BCUT2D eigenvalue weighted by Gasteiger charge is 2.49. The molecule has 0 N–H and O–H groups in total. The van der Waals surface area contributed by atoms with Gasteiger partial charge in [0.2, 0.25) is 0 Å². The molecule has 3 unspecified atom stereocenters. The van der Waals surface area contributed by atoms with Crippen LogP contribution in [0.25, 0.3) is 0 Å². The third-order valence-corrected chi connectivity index (χ3v) is 3.16. The molecular formula is C9H12N2O2. The maximum Gasteiger partial charge on any atom is 0.310 e. The average Bonchev–Trinajstić information content (AvgIpc) is 2.72. The van der Waals surface area contributed by atoms with Gasteiger partial charge in [0.15, 0.2) is 6.19 Å². The summed E-state index contributed by atoms with van der Waals surface area (Å²) in [7, 11) is 1.41. The van der Waals surface area contributed by atoms with Gasteiger partial charge < -0.3 is 9.64 Å². The number of hydrogen-bond donors (Lipinski definition) is 0. The molecule has 0 aliphatic carbocycles. The second-order valence-corrected chi connectivity index (χ2v) is 3.67. The Bertz CT molecular complexity index is 271. The fourth-order valence-electron chi connectivity index (χ4n) is 2.55. The zero-order valence-corrected chi connectivity index (χ0v) is 7.56. The van der Waals surface area contributed by atoms with Crippen LogP contribution in [0.2, 0.25) is 0 Å². The van der Waals surface area contributed by atoms with Gasteiger partial charge in [0, 0.05) is 6.04 Å². The molecule has 0 amide bonds. The molecule has 0 aromatic rings. The summed E-state index contributed by atoms with van der Waals surface area (Å²) in [6, 6.07) is 0.404. The molecule has 0 aromatic heterocycles. The summed E-state index contributed by atoms with van der Waals surface area (Å²) in [4.78, 5) is 13.1. The fraction of sp³-hybridized carbons (Fsp3) is 0.778. The highest BCUT2D eigenvalue weighted by molar-refractivity contribution is 5.74. The summed E-state index contributed by atoms with van der Waals surface area (Å²) in [6.07, 6.45) is 4.96. The van der Waals surface area contributed by atoms with Crippen molar-refractivity contribution >= 4 is 5.97 Å². The predicted octanol–water partition coefficient (Wildman–Crippen LogP) is 0.493. The number of fused-ring (bicyclic) bond motifs is 2. The Morgan fingerprint density at radius 2 is 2.38 bits per heavy atom. The van der Waals surface area contributed by atoms with Crippen molar-refractivity contribution in [2.75, 3.05) is 7.11 Å². The van der Waals surface area contributed by atoms with Gasteiger partial charge in [-0.15, -0.1) is 0 Å². The van der Waals surface area contributed by atoms with Crippen molar-refractivity contribution in [2.45, 2.75) is 31.3 Å². The molecule has 0 radical (unpaired) electrons. The topological polar surface area (TPSA) is 53.3 Å². The van der Waals surface area contributed by atoms with E-state index in [4.69, 9.17) is 10.00 Å². The van der Waals surface area contributed by atoms with Crippen molar-refractivity contribution in [3.05, 3.63) is 0 Å². The van der Waals surface area contributed by atoms with E-state index < -0.39 is 0 Å². The Morgan fingerprint density at radius 3 is 2.92 bits per heavy atom. The quantitative estimate of drug-likeness (QED) is 0.435. The number of methoxy groups -OCH3 is 1. The second-order valence-electron chi connectivity index (χ2n) is 3.67. The molecule has 2 heterocycles. The minimum atomic E-state index is -0.160. The van der Waals surface area contributed by atoms with Gasteiger partial charge in [0.1, 0.15) is 0 Å². The van der Waals surface area contributed by atoms with Gasteiger partial charge in [-0.1, -0.05) is 0 Å². The summed E-state index contributed by atoms with van der Waals surface area (Å²) < 4.78 is 4.70. The van der Waals surface area contributed by atoms with Crippen molar-refractivity contribution in [3.8, 4) is 6.19 Å². The average molecular weight is 180 g/mol. The van der Waals surface area contributed by atoms with Gasteiger partial charge in [-0.25, -0.2) is 0 Å². The second kappa shape index (κ2) is 2.91. The van der Waals surface area contributed by atoms with E-state index in [9.17, 15) is 4.79 Å². The predicted molar refractivity (Wildman–Crippen MR) is 44.4 cm³/mol. The minimum absolute atomic E-state index is 0.0663. The molecule has 2 aliphatic rings. The third kappa shape index (κ3) is 1.07. The van der Waals surface area contributed by atoms with E-state index in [0.29, 0.717) is 6.04 Å².